The van der Waals surface area contributed by atoms with Gasteiger partial charge in [0, 0.05) is 20.5 Å². The molecule has 0 bridgehead atoms. The van der Waals surface area contributed by atoms with Crippen molar-refractivity contribution in [2.24, 2.45) is 0 Å². The van der Waals surface area contributed by atoms with Gasteiger partial charge in [0.05, 0.1) is 0 Å². The second kappa shape index (κ2) is 7.34. The van der Waals surface area contributed by atoms with Crippen LogP contribution in [0.1, 0.15) is 11.1 Å². The van der Waals surface area contributed by atoms with E-state index >= 15 is 0 Å². The molecule has 0 saturated heterocycles. The summed E-state index contributed by atoms with van der Waals surface area (Å²) in [5.41, 5.74) is 1.26. The average molecular weight is 483 g/mol. The summed E-state index contributed by atoms with van der Waals surface area (Å²) in [4.78, 5) is 0. The number of rotatable bonds is 5. The van der Waals surface area contributed by atoms with Crippen LogP contribution in [0.15, 0.2) is 46.9 Å². The average Bonchev–Trinajstić information content (AvgIpc) is 2.49. The van der Waals surface area contributed by atoms with E-state index in [-0.39, 0.29) is 17.0 Å². The van der Waals surface area contributed by atoms with Crippen LogP contribution >= 0.6 is 47.8 Å². The minimum atomic E-state index is -0.338. The Morgan fingerprint density at radius 1 is 0.905 bits per heavy atom. The van der Waals surface area contributed by atoms with E-state index in [2.05, 4.69) is 47.8 Å². The first kappa shape index (κ1) is 17.1. The molecule has 0 aliphatic carbocycles. The van der Waals surface area contributed by atoms with Crippen LogP contribution in [0.5, 0.6) is 0 Å². The molecular weight excluding hydrogens is 470 g/mol. The molecule has 0 atom stereocenters. The number of halogens is 5. The summed E-state index contributed by atoms with van der Waals surface area (Å²) < 4.78 is 28.0. The molecule has 0 radical (unpaired) electrons. The van der Waals surface area contributed by atoms with Gasteiger partial charge in [0.1, 0.15) is 11.6 Å². The summed E-state index contributed by atoms with van der Waals surface area (Å²) >= 11 is 10.4. The SMILES string of the molecule is Fc1ccc(C(CBr)(CBr)Cc2cc(Br)ccc2F)cc1. The van der Waals surface area contributed by atoms with Gasteiger partial charge in [-0.3, -0.25) is 0 Å². The second-order valence-electron chi connectivity index (χ2n) is 4.97. The van der Waals surface area contributed by atoms with Crippen LogP contribution in [-0.2, 0) is 11.8 Å². The van der Waals surface area contributed by atoms with E-state index in [1.54, 1.807) is 24.3 Å². The van der Waals surface area contributed by atoms with Gasteiger partial charge in [0.25, 0.3) is 0 Å². The Kier molecular flexibility index (Phi) is 5.97. The molecule has 2 aromatic rings. The van der Waals surface area contributed by atoms with Crippen LogP contribution < -0.4 is 0 Å². The number of hydrogen-bond donors (Lipinski definition) is 0. The molecule has 0 saturated carbocycles. The first-order valence-corrected chi connectivity index (χ1v) is 9.36. The van der Waals surface area contributed by atoms with Gasteiger partial charge in [-0.2, -0.15) is 0 Å². The Labute approximate surface area is 148 Å². The maximum Gasteiger partial charge on any atom is 0.126 e. The van der Waals surface area contributed by atoms with E-state index < -0.39 is 0 Å². The van der Waals surface area contributed by atoms with Crippen molar-refractivity contribution >= 4 is 47.8 Å². The molecule has 0 aliphatic rings. The molecule has 0 fully saturated rings. The molecule has 2 rings (SSSR count). The van der Waals surface area contributed by atoms with Gasteiger partial charge >= 0.3 is 0 Å². The fourth-order valence-corrected chi connectivity index (χ4v) is 4.61. The molecule has 0 heterocycles. The Balaban J connectivity index is 2.42. The van der Waals surface area contributed by atoms with Crippen LogP contribution in [0.2, 0.25) is 0 Å². The fourth-order valence-electron chi connectivity index (χ4n) is 2.23. The zero-order valence-corrected chi connectivity index (χ0v) is 15.8. The molecule has 2 aromatic carbocycles. The van der Waals surface area contributed by atoms with Crippen molar-refractivity contribution in [2.75, 3.05) is 10.7 Å². The van der Waals surface area contributed by atoms with Crippen molar-refractivity contribution in [1.82, 2.24) is 0 Å². The van der Waals surface area contributed by atoms with Gasteiger partial charge in [-0.1, -0.05) is 59.9 Å². The Morgan fingerprint density at radius 2 is 1.52 bits per heavy atom. The predicted octanol–water partition coefficient (Wildman–Crippen LogP) is 6.00. The monoisotopic (exact) mass is 480 g/mol. The molecule has 0 unspecified atom stereocenters. The van der Waals surface area contributed by atoms with Crippen molar-refractivity contribution in [3.63, 3.8) is 0 Å². The summed E-state index contributed by atoms with van der Waals surface area (Å²) in [6.45, 7) is 0. The highest BCUT2D eigenvalue weighted by Gasteiger charge is 2.31. The van der Waals surface area contributed by atoms with E-state index in [1.165, 1.54) is 18.2 Å². The third kappa shape index (κ3) is 3.93. The van der Waals surface area contributed by atoms with E-state index in [9.17, 15) is 8.78 Å². The number of benzene rings is 2. The molecule has 0 N–H and O–H groups in total. The van der Waals surface area contributed by atoms with Crippen LogP contribution in [0.25, 0.3) is 0 Å². The first-order chi connectivity index (χ1) is 10.0. The second-order valence-corrected chi connectivity index (χ2v) is 7.00. The maximum absolute atomic E-state index is 14.0. The molecule has 0 nitrogen and oxygen atoms in total. The standard InChI is InChI=1S/C16H13Br3F2/c17-9-16(10-18,12-1-4-14(20)5-2-12)8-11-7-13(19)3-6-15(11)21/h1-7H,8-10H2. The number of hydrogen-bond acceptors (Lipinski definition) is 0. The summed E-state index contributed by atoms with van der Waals surface area (Å²) in [6, 6.07) is 11.3. The van der Waals surface area contributed by atoms with Gasteiger partial charge in [-0.25, -0.2) is 8.78 Å². The van der Waals surface area contributed by atoms with E-state index in [0.29, 0.717) is 22.6 Å². The van der Waals surface area contributed by atoms with Gasteiger partial charge in [-0.15, -0.1) is 0 Å². The molecule has 112 valence electrons. The lowest BCUT2D eigenvalue weighted by Crippen LogP contribution is -2.33. The maximum atomic E-state index is 14.0. The summed E-state index contributed by atoms with van der Waals surface area (Å²) in [6.07, 6.45) is 0.514. The quantitative estimate of drug-likeness (QED) is 0.459. The van der Waals surface area contributed by atoms with E-state index in [0.717, 1.165) is 10.0 Å². The minimum absolute atomic E-state index is 0.230. The van der Waals surface area contributed by atoms with Crippen LogP contribution in [-0.4, -0.2) is 10.7 Å². The topological polar surface area (TPSA) is 0 Å². The van der Waals surface area contributed by atoms with Crippen molar-refractivity contribution in [3.8, 4) is 0 Å². The van der Waals surface area contributed by atoms with Gasteiger partial charge in [-0.05, 0) is 47.9 Å². The minimum Gasteiger partial charge on any atom is -0.207 e. The van der Waals surface area contributed by atoms with Crippen LogP contribution in [0.4, 0.5) is 8.78 Å². The first-order valence-electron chi connectivity index (χ1n) is 6.33. The third-order valence-electron chi connectivity index (χ3n) is 3.50. The molecule has 0 spiro atoms. The van der Waals surface area contributed by atoms with Crippen LogP contribution in [0.3, 0.4) is 0 Å². The largest absolute Gasteiger partial charge is 0.207 e. The van der Waals surface area contributed by atoms with Gasteiger partial charge in [0.15, 0.2) is 0 Å². The highest BCUT2D eigenvalue weighted by Crippen LogP contribution is 2.34. The Bertz CT molecular complexity index is 607. The van der Waals surface area contributed by atoms with Crippen molar-refractivity contribution in [1.29, 1.82) is 0 Å². The summed E-state index contributed by atoms with van der Waals surface area (Å²) in [7, 11) is 0. The molecule has 0 amide bonds. The molecule has 5 heteroatoms. The lowest BCUT2D eigenvalue weighted by atomic mass is 9.79. The molecule has 21 heavy (non-hydrogen) atoms. The highest BCUT2D eigenvalue weighted by molar-refractivity contribution is 9.10. The number of alkyl halides is 2. The Morgan fingerprint density at radius 3 is 2.10 bits per heavy atom. The smallest absolute Gasteiger partial charge is 0.126 e. The summed E-state index contributed by atoms with van der Waals surface area (Å²) in [5, 5.41) is 1.28. The Hall–Kier alpha value is -0.260. The predicted molar refractivity (Wildman–Crippen MR) is 93.5 cm³/mol. The normalized spacial score (nSPS) is 11.7. The van der Waals surface area contributed by atoms with Crippen molar-refractivity contribution in [2.45, 2.75) is 11.8 Å². The van der Waals surface area contributed by atoms with Crippen molar-refractivity contribution < 1.29 is 8.78 Å². The summed E-state index contributed by atoms with van der Waals surface area (Å²) in [5.74, 6) is -0.503. The van der Waals surface area contributed by atoms with Crippen LogP contribution in [0, 0.1) is 11.6 Å². The van der Waals surface area contributed by atoms with E-state index in [4.69, 9.17) is 0 Å². The zero-order valence-electron chi connectivity index (χ0n) is 11.1. The highest BCUT2D eigenvalue weighted by atomic mass is 79.9. The lowest BCUT2D eigenvalue weighted by Gasteiger charge is -2.31. The molecule has 0 aromatic heterocycles. The zero-order chi connectivity index (χ0) is 15.5. The van der Waals surface area contributed by atoms with E-state index in [1.807, 2.05) is 0 Å². The van der Waals surface area contributed by atoms with Gasteiger partial charge < -0.3 is 0 Å². The van der Waals surface area contributed by atoms with Crippen molar-refractivity contribution in [3.05, 3.63) is 69.7 Å². The fraction of sp³-hybridized carbons (Fsp3) is 0.250. The van der Waals surface area contributed by atoms with Gasteiger partial charge in [0.2, 0.25) is 0 Å². The third-order valence-corrected chi connectivity index (χ3v) is 6.14. The lowest BCUT2D eigenvalue weighted by molar-refractivity contribution is 0.521. The molecule has 0 aliphatic heterocycles. The molecular formula is C16H13Br3F2.